The zero-order valence-electron chi connectivity index (χ0n) is 13.7. The molecule has 1 aliphatic rings. The molecule has 2 heterocycles. The summed E-state index contributed by atoms with van der Waals surface area (Å²) in [5.74, 6) is 0. The highest BCUT2D eigenvalue weighted by atomic mass is 15.3. The summed E-state index contributed by atoms with van der Waals surface area (Å²) in [7, 11) is 0. The summed E-state index contributed by atoms with van der Waals surface area (Å²) in [6.45, 7) is 11.5. The molecule has 3 rings (SSSR count). The quantitative estimate of drug-likeness (QED) is 0.921. The molecule has 0 aliphatic carbocycles. The number of nitriles is 1. The Labute approximate surface area is 141 Å². The largest absolute Gasteiger partial charge is 0.372 e. The zero-order chi connectivity index (χ0) is 17.1. The minimum absolute atomic E-state index is 0.548. The van der Waals surface area contributed by atoms with Crippen LogP contribution in [0.25, 0.3) is 11.3 Å². The van der Waals surface area contributed by atoms with Gasteiger partial charge >= 0.3 is 0 Å². The molecule has 0 atom stereocenters. The van der Waals surface area contributed by atoms with Crippen LogP contribution in [-0.4, -0.2) is 27.9 Å². The average Bonchev–Trinajstić information content (AvgIpc) is 3.19. The summed E-state index contributed by atoms with van der Waals surface area (Å²) in [6.07, 6.45) is 5.39. The van der Waals surface area contributed by atoms with Gasteiger partial charge in [0.1, 0.15) is 6.07 Å². The summed E-state index contributed by atoms with van der Waals surface area (Å²) >= 11 is 0. The number of benzene rings is 1. The maximum atomic E-state index is 8.88. The van der Waals surface area contributed by atoms with Crippen molar-refractivity contribution in [3.8, 4) is 11.8 Å². The number of nitrogens with zero attached hydrogens (tertiary/aromatic N) is 4. The van der Waals surface area contributed by atoms with E-state index in [9.17, 15) is 0 Å². The van der Waals surface area contributed by atoms with Crippen LogP contribution in [0, 0.1) is 11.3 Å². The van der Waals surface area contributed by atoms with Crippen molar-refractivity contribution in [2.75, 3.05) is 13.2 Å². The average molecular weight is 317 g/mol. The number of allylic oxidation sites excluding steroid dienone is 1. The lowest BCUT2D eigenvalue weighted by Gasteiger charge is -2.16. The van der Waals surface area contributed by atoms with Crippen molar-refractivity contribution in [3.05, 3.63) is 78.4 Å². The van der Waals surface area contributed by atoms with Gasteiger partial charge in [0.25, 0.3) is 0 Å². The number of rotatable bonds is 5. The van der Waals surface area contributed by atoms with Crippen molar-refractivity contribution >= 4 is 5.57 Å². The monoisotopic (exact) mass is 317 g/mol. The van der Waals surface area contributed by atoms with E-state index in [0.29, 0.717) is 5.56 Å². The second kappa shape index (κ2) is 6.47. The molecule has 5 nitrogen and oxygen atoms in total. The van der Waals surface area contributed by atoms with Crippen LogP contribution in [0.15, 0.2) is 67.3 Å². The lowest BCUT2D eigenvalue weighted by Crippen LogP contribution is -2.27. The van der Waals surface area contributed by atoms with Crippen molar-refractivity contribution in [2.24, 2.45) is 0 Å². The predicted molar refractivity (Wildman–Crippen MR) is 94.9 cm³/mol. The van der Waals surface area contributed by atoms with Gasteiger partial charge in [-0.05, 0) is 30.2 Å². The van der Waals surface area contributed by atoms with E-state index in [1.807, 2.05) is 19.1 Å². The van der Waals surface area contributed by atoms with Gasteiger partial charge in [-0.3, -0.25) is 0 Å². The fourth-order valence-corrected chi connectivity index (χ4v) is 2.58. The van der Waals surface area contributed by atoms with Gasteiger partial charge in [-0.1, -0.05) is 25.3 Å². The summed E-state index contributed by atoms with van der Waals surface area (Å²) in [5.41, 5.74) is 5.77. The molecule has 1 aromatic heterocycles. The Morgan fingerprint density at radius 2 is 2.12 bits per heavy atom. The summed E-state index contributed by atoms with van der Waals surface area (Å²) in [4.78, 5) is 2.17. The lowest BCUT2D eigenvalue weighted by atomic mass is 10.0. The van der Waals surface area contributed by atoms with Gasteiger partial charge in [0.05, 0.1) is 24.1 Å². The molecule has 0 radical (unpaired) electrons. The smallest absolute Gasteiger partial charge is 0.102 e. The fraction of sp³-hybridized carbons (Fsp3) is 0.158. The number of hydrogen-bond acceptors (Lipinski definition) is 4. The van der Waals surface area contributed by atoms with Crippen molar-refractivity contribution in [1.82, 2.24) is 20.0 Å². The summed E-state index contributed by atoms with van der Waals surface area (Å²) < 4.78 is 1.70. The Balaban J connectivity index is 1.77. The van der Waals surface area contributed by atoms with Gasteiger partial charge in [-0.2, -0.15) is 10.4 Å². The van der Waals surface area contributed by atoms with E-state index in [1.165, 1.54) is 0 Å². The Morgan fingerprint density at radius 1 is 1.38 bits per heavy atom. The van der Waals surface area contributed by atoms with E-state index < -0.39 is 0 Å². The van der Waals surface area contributed by atoms with Crippen molar-refractivity contribution in [1.29, 1.82) is 5.26 Å². The Hall–Kier alpha value is -3.26. The van der Waals surface area contributed by atoms with E-state index >= 15 is 0 Å². The van der Waals surface area contributed by atoms with Gasteiger partial charge in [0, 0.05) is 30.2 Å². The van der Waals surface area contributed by atoms with Crippen LogP contribution in [0.3, 0.4) is 0 Å². The minimum Gasteiger partial charge on any atom is -0.372 e. The Bertz CT molecular complexity index is 849. The first-order valence-electron chi connectivity index (χ1n) is 7.66. The molecule has 1 N–H and O–H groups in total. The molecule has 120 valence electrons. The van der Waals surface area contributed by atoms with Crippen LogP contribution in [0.4, 0.5) is 0 Å². The van der Waals surface area contributed by atoms with Crippen molar-refractivity contribution in [3.63, 3.8) is 0 Å². The number of hydrogen-bond donors (Lipinski definition) is 1. The van der Waals surface area contributed by atoms with Crippen molar-refractivity contribution < 1.29 is 0 Å². The molecular formula is C19H19N5. The number of aromatic nitrogens is 2. The van der Waals surface area contributed by atoms with Gasteiger partial charge < -0.3 is 10.2 Å². The molecule has 2 aromatic rings. The first kappa shape index (κ1) is 15.6. The van der Waals surface area contributed by atoms with E-state index in [4.69, 9.17) is 5.26 Å². The zero-order valence-corrected chi connectivity index (χ0v) is 13.7. The SMILES string of the molecule is C=C(C)NCN1C=C(c2ccc(-n3cc(C#N)cn3)cc2)C(=C)C1. The minimum atomic E-state index is 0.548. The number of nitrogens with one attached hydrogen (secondary N) is 1. The van der Waals surface area contributed by atoms with Crippen LogP contribution in [-0.2, 0) is 0 Å². The van der Waals surface area contributed by atoms with Crippen molar-refractivity contribution in [2.45, 2.75) is 6.92 Å². The maximum absolute atomic E-state index is 8.88. The predicted octanol–water partition coefficient (Wildman–Crippen LogP) is 3.04. The van der Waals surface area contributed by atoms with Gasteiger partial charge in [-0.25, -0.2) is 4.68 Å². The van der Waals surface area contributed by atoms with Gasteiger partial charge in [0.15, 0.2) is 0 Å². The third-order valence-corrected chi connectivity index (χ3v) is 3.82. The van der Waals surface area contributed by atoms with Crippen LogP contribution < -0.4 is 5.32 Å². The van der Waals surface area contributed by atoms with Crippen LogP contribution in [0.2, 0.25) is 0 Å². The highest BCUT2D eigenvalue weighted by molar-refractivity contribution is 5.81. The van der Waals surface area contributed by atoms with E-state index in [0.717, 1.165) is 41.3 Å². The molecule has 0 spiro atoms. The highest BCUT2D eigenvalue weighted by Crippen LogP contribution is 2.29. The molecule has 0 amide bonds. The molecule has 5 heteroatoms. The lowest BCUT2D eigenvalue weighted by molar-refractivity contribution is 0.403. The normalized spacial score (nSPS) is 13.6. The van der Waals surface area contributed by atoms with Gasteiger partial charge in [-0.15, -0.1) is 0 Å². The van der Waals surface area contributed by atoms with Crippen LogP contribution in [0.5, 0.6) is 0 Å². The molecule has 0 bridgehead atoms. The molecule has 0 unspecified atom stereocenters. The topological polar surface area (TPSA) is 56.9 Å². The van der Waals surface area contributed by atoms with E-state index in [1.54, 1.807) is 17.1 Å². The molecule has 0 fully saturated rings. The first-order chi connectivity index (χ1) is 11.6. The maximum Gasteiger partial charge on any atom is 0.102 e. The molecule has 1 aromatic carbocycles. The second-order valence-electron chi connectivity index (χ2n) is 5.84. The third-order valence-electron chi connectivity index (χ3n) is 3.82. The van der Waals surface area contributed by atoms with E-state index in [-0.39, 0.29) is 0 Å². The highest BCUT2D eigenvalue weighted by Gasteiger charge is 2.17. The first-order valence-corrected chi connectivity index (χ1v) is 7.66. The van der Waals surface area contributed by atoms with Gasteiger partial charge in [0.2, 0.25) is 0 Å². The van der Waals surface area contributed by atoms with Crippen LogP contribution >= 0.6 is 0 Å². The van der Waals surface area contributed by atoms with Crippen LogP contribution in [0.1, 0.15) is 18.1 Å². The summed E-state index contributed by atoms with van der Waals surface area (Å²) in [5, 5.41) is 16.3. The second-order valence-corrected chi connectivity index (χ2v) is 5.84. The Kier molecular flexibility index (Phi) is 4.21. The fourth-order valence-electron chi connectivity index (χ4n) is 2.58. The third kappa shape index (κ3) is 3.23. The molecule has 0 saturated carbocycles. The molecule has 1 aliphatic heterocycles. The molecule has 0 saturated heterocycles. The summed E-state index contributed by atoms with van der Waals surface area (Å²) in [6, 6.07) is 10.2. The standard InChI is InChI=1S/C19H19N5/c1-14(2)21-13-23-10-15(3)19(12-23)17-4-6-18(7-5-17)24-11-16(8-20)9-22-24/h4-7,9,11-12,21H,1,3,10,13H2,2H3. The molecular weight excluding hydrogens is 298 g/mol. The Morgan fingerprint density at radius 3 is 2.75 bits per heavy atom. The molecule has 24 heavy (non-hydrogen) atoms. The van der Waals surface area contributed by atoms with E-state index in [2.05, 4.69) is 52.9 Å².